The van der Waals surface area contributed by atoms with Crippen molar-refractivity contribution in [1.82, 2.24) is 9.58 Å². The summed E-state index contributed by atoms with van der Waals surface area (Å²) >= 11 is 5.90. The van der Waals surface area contributed by atoms with E-state index in [1.165, 1.54) is 60.9 Å². The van der Waals surface area contributed by atoms with Crippen molar-refractivity contribution >= 4 is 28.1 Å². The van der Waals surface area contributed by atoms with Gasteiger partial charge in [-0.3, -0.25) is 15.0 Å². The second-order valence-corrected chi connectivity index (χ2v) is 9.81. The van der Waals surface area contributed by atoms with Gasteiger partial charge < -0.3 is 0 Å². The lowest BCUT2D eigenvalue weighted by atomic mass is 9.74. The molecule has 0 amide bonds. The second-order valence-electron chi connectivity index (χ2n) is 9.41. The van der Waals surface area contributed by atoms with E-state index in [0.717, 1.165) is 17.8 Å². The average molecular weight is 412 g/mol. The highest BCUT2D eigenvalue weighted by Gasteiger charge is 2.38. The monoisotopic (exact) mass is 411 g/mol. The molecule has 1 aromatic carbocycles. The fraction of sp³-hybridized carbons (Fsp3) is 0.640. The molecule has 1 aromatic heterocycles. The van der Waals surface area contributed by atoms with Gasteiger partial charge in [0.25, 0.3) is 0 Å². The van der Waals surface area contributed by atoms with Crippen molar-refractivity contribution in [1.29, 1.82) is 0 Å². The van der Waals surface area contributed by atoms with Crippen LogP contribution in [-0.4, -0.2) is 33.7 Å². The van der Waals surface area contributed by atoms with Gasteiger partial charge in [-0.15, -0.1) is 0 Å². The van der Waals surface area contributed by atoms with Crippen LogP contribution >= 0.6 is 12.2 Å². The molecule has 3 nitrogen and oxygen atoms in total. The number of thiocarbonyl (C=S) groups is 1. The SMILES string of the molecule is CCCN1CCC[C@@H]2c3cccc4c3c(c(C)n4NC(=S)C(C)(CC)CC)C[C@H]21. The summed E-state index contributed by atoms with van der Waals surface area (Å²) in [5.74, 6) is 0.672. The van der Waals surface area contributed by atoms with E-state index < -0.39 is 0 Å². The fourth-order valence-corrected chi connectivity index (χ4v) is 5.99. The Bertz CT molecular complexity index is 906. The second kappa shape index (κ2) is 8.03. The highest BCUT2D eigenvalue weighted by Crippen LogP contribution is 2.45. The number of hydrogen-bond donors (Lipinski definition) is 1. The first-order chi connectivity index (χ1) is 13.9. The van der Waals surface area contributed by atoms with Crippen molar-refractivity contribution < 1.29 is 0 Å². The number of piperidine rings is 1. The Morgan fingerprint density at radius 2 is 2.00 bits per heavy atom. The Morgan fingerprint density at radius 3 is 2.69 bits per heavy atom. The first-order valence-corrected chi connectivity index (χ1v) is 12.0. The molecule has 2 heterocycles. The average Bonchev–Trinajstić information content (AvgIpc) is 3.01. The van der Waals surface area contributed by atoms with Crippen LogP contribution in [0.25, 0.3) is 10.9 Å². The smallest absolute Gasteiger partial charge is 0.100 e. The maximum Gasteiger partial charge on any atom is 0.100 e. The minimum atomic E-state index is 0.0439. The molecule has 1 aliphatic carbocycles. The minimum absolute atomic E-state index is 0.0439. The van der Waals surface area contributed by atoms with Crippen LogP contribution in [0, 0.1) is 12.3 Å². The van der Waals surface area contributed by atoms with Crippen LogP contribution in [0.5, 0.6) is 0 Å². The Balaban J connectivity index is 1.78. The summed E-state index contributed by atoms with van der Waals surface area (Å²) in [6.45, 7) is 13.8. The van der Waals surface area contributed by atoms with Crippen LogP contribution in [0.15, 0.2) is 18.2 Å². The topological polar surface area (TPSA) is 20.2 Å². The third kappa shape index (κ3) is 3.33. The largest absolute Gasteiger partial charge is 0.299 e. The van der Waals surface area contributed by atoms with Gasteiger partial charge in [-0.05, 0) is 75.7 Å². The first-order valence-electron chi connectivity index (χ1n) is 11.6. The normalized spacial score (nSPS) is 22.0. The van der Waals surface area contributed by atoms with Crippen LogP contribution in [0.4, 0.5) is 0 Å². The zero-order valence-corrected chi connectivity index (χ0v) is 19.7. The summed E-state index contributed by atoms with van der Waals surface area (Å²) in [5.41, 5.74) is 9.44. The molecule has 1 saturated heterocycles. The highest BCUT2D eigenvalue weighted by atomic mass is 32.1. The van der Waals surface area contributed by atoms with Crippen LogP contribution in [-0.2, 0) is 6.42 Å². The van der Waals surface area contributed by atoms with E-state index in [1.807, 2.05) is 0 Å². The molecule has 0 spiro atoms. The number of nitrogens with zero attached hydrogens (tertiary/aromatic N) is 2. The molecule has 1 fully saturated rings. The number of benzene rings is 1. The van der Waals surface area contributed by atoms with Crippen LogP contribution < -0.4 is 5.43 Å². The molecule has 2 aliphatic rings. The Labute approximate surface area is 181 Å². The summed E-state index contributed by atoms with van der Waals surface area (Å²) in [5, 5.41) is 1.49. The van der Waals surface area contributed by atoms with Gasteiger partial charge in [0.1, 0.15) is 4.99 Å². The van der Waals surface area contributed by atoms with E-state index in [1.54, 1.807) is 5.56 Å². The zero-order valence-electron chi connectivity index (χ0n) is 18.8. The minimum Gasteiger partial charge on any atom is -0.299 e. The van der Waals surface area contributed by atoms with Gasteiger partial charge in [0, 0.05) is 28.5 Å². The summed E-state index contributed by atoms with van der Waals surface area (Å²) < 4.78 is 2.29. The van der Waals surface area contributed by atoms with E-state index in [-0.39, 0.29) is 5.41 Å². The standard InChI is InChI=1S/C25H37N3S/c1-6-14-27-15-10-12-18-19-11-9-13-21-23(19)20(16-22(18)27)17(4)28(21)26-24(29)25(5,7-2)8-3/h9,11,13,18,22H,6-8,10,12,14-16H2,1-5H3,(H,26,29)/t18-,22-/m1/s1. The number of nitrogens with one attached hydrogen (secondary N) is 1. The number of likely N-dealkylation sites (tertiary alicyclic amines) is 1. The van der Waals surface area contributed by atoms with Crippen LogP contribution in [0.3, 0.4) is 0 Å². The first kappa shape index (κ1) is 20.9. The lowest BCUT2D eigenvalue weighted by Gasteiger charge is -2.44. The summed E-state index contributed by atoms with van der Waals surface area (Å²) in [6.07, 6.45) is 7.17. The molecule has 0 saturated carbocycles. The van der Waals surface area contributed by atoms with E-state index in [2.05, 4.69) is 67.8 Å². The molecule has 2 aromatic rings. The van der Waals surface area contributed by atoms with Gasteiger partial charge in [-0.1, -0.05) is 52.0 Å². The number of hydrogen-bond acceptors (Lipinski definition) is 2. The summed E-state index contributed by atoms with van der Waals surface area (Å²) in [7, 11) is 0. The Morgan fingerprint density at radius 1 is 1.24 bits per heavy atom. The quantitative estimate of drug-likeness (QED) is 0.575. The Kier molecular flexibility index (Phi) is 5.78. The molecular formula is C25H37N3S. The molecule has 1 aliphatic heterocycles. The van der Waals surface area contributed by atoms with Crippen molar-refractivity contribution in [3.05, 3.63) is 35.0 Å². The molecular weight excluding hydrogens is 374 g/mol. The third-order valence-electron chi connectivity index (χ3n) is 7.93. The zero-order chi connectivity index (χ0) is 20.8. The van der Waals surface area contributed by atoms with Crippen LogP contribution in [0.1, 0.15) is 82.5 Å². The third-order valence-corrected chi connectivity index (χ3v) is 8.51. The lowest BCUT2D eigenvalue weighted by Crippen LogP contribution is -2.47. The highest BCUT2D eigenvalue weighted by molar-refractivity contribution is 7.80. The molecule has 0 unspecified atom stereocenters. The maximum absolute atomic E-state index is 5.90. The van der Waals surface area contributed by atoms with Crippen molar-refractivity contribution in [3.8, 4) is 0 Å². The van der Waals surface area contributed by atoms with Gasteiger partial charge >= 0.3 is 0 Å². The van der Waals surface area contributed by atoms with Crippen LogP contribution in [0.2, 0.25) is 0 Å². The maximum atomic E-state index is 5.90. The fourth-order valence-electron chi connectivity index (χ4n) is 5.61. The number of rotatable bonds is 6. The van der Waals surface area contributed by atoms with Crippen molar-refractivity contribution in [3.63, 3.8) is 0 Å². The number of aromatic nitrogens is 1. The van der Waals surface area contributed by atoms with E-state index in [9.17, 15) is 0 Å². The molecule has 0 radical (unpaired) electrons. The molecule has 4 rings (SSSR count). The summed E-state index contributed by atoms with van der Waals surface area (Å²) in [4.78, 5) is 3.72. The Hall–Kier alpha value is -1.39. The van der Waals surface area contributed by atoms with Crippen molar-refractivity contribution in [2.24, 2.45) is 5.41 Å². The van der Waals surface area contributed by atoms with Gasteiger partial charge in [-0.2, -0.15) is 0 Å². The van der Waals surface area contributed by atoms with Gasteiger partial charge in [0.2, 0.25) is 0 Å². The molecule has 0 bridgehead atoms. The molecule has 1 N–H and O–H groups in total. The predicted octanol–water partition coefficient (Wildman–Crippen LogP) is 6.16. The van der Waals surface area contributed by atoms with E-state index in [4.69, 9.17) is 12.2 Å². The number of fused-ring (bicyclic) bond motifs is 2. The van der Waals surface area contributed by atoms with Gasteiger partial charge in [-0.25, -0.2) is 0 Å². The lowest BCUT2D eigenvalue weighted by molar-refractivity contribution is 0.124. The molecule has 2 atom stereocenters. The molecule has 158 valence electrons. The van der Waals surface area contributed by atoms with Gasteiger partial charge in [0.15, 0.2) is 0 Å². The van der Waals surface area contributed by atoms with E-state index in [0.29, 0.717) is 12.0 Å². The van der Waals surface area contributed by atoms with E-state index >= 15 is 0 Å². The van der Waals surface area contributed by atoms with Crippen molar-refractivity contribution in [2.75, 3.05) is 18.5 Å². The van der Waals surface area contributed by atoms with Gasteiger partial charge in [0.05, 0.1) is 5.52 Å². The predicted molar refractivity (Wildman–Crippen MR) is 129 cm³/mol. The summed E-state index contributed by atoms with van der Waals surface area (Å²) in [6, 6.07) is 7.57. The molecule has 29 heavy (non-hydrogen) atoms. The van der Waals surface area contributed by atoms with Crippen molar-refractivity contribution in [2.45, 2.75) is 85.1 Å². The molecule has 4 heteroatoms.